The predicted molar refractivity (Wildman–Crippen MR) is 88.9 cm³/mol. The number of benzene rings is 1. The molecular formula is C16H15FN4O2S. The summed E-state index contributed by atoms with van der Waals surface area (Å²) in [5.74, 6) is 0.417. The lowest BCUT2D eigenvalue weighted by Crippen LogP contribution is -2.15. The zero-order chi connectivity index (χ0) is 16.9. The van der Waals surface area contributed by atoms with Crippen molar-refractivity contribution in [3.63, 3.8) is 0 Å². The molecule has 8 heteroatoms. The Hall–Kier alpha value is -2.74. The second kappa shape index (κ2) is 7.22. The van der Waals surface area contributed by atoms with Crippen LogP contribution in [0, 0.1) is 12.7 Å². The van der Waals surface area contributed by atoms with Gasteiger partial charge in [-0.1, -0.05) is 5.16 Å². The summed E-state index contributed by atoms with van der Waals surface area (Å²) in [4.78, 5) is 13.8. The second-order valence-electron chi connectivity index (χ2n) is 5.04. The number of hydrogen-bond acceptors (Lipinski definition) is 6. The van der Waals surface area contributed by atoms with Crippen molar-refractivity contribution in [2.45, 2.75) is 20.0 Å². The molecule has 0 radical (unpaired) electrons. The van der Waals surface area contributed by atoms with Gasteiger partial charge < -0.3 is 15.0 Å². The lowest BCUT2D eigenvalue weighted by molar-refractivity contribution is 0.127. The summed E-state index contributed by atoms with van der Waals surface area (Å²) in [7, 11) is 0. The summed E-state index contributed by atoms with van der Waals surface area (Å²) in [6, 6.07) is 5.89. The minimum absolute atomic E-state index is 0.126. The van der Waals surface area contributed by atoms with Gasteiger partial charge in [0.2, 0.25) is 5.89 Å². The molecule has 24 heavy (non-hydrogen) atoms. The topological polar surface area (TPSA) is 86.5 Å². The number of nitrogens with two attached hydrogens (primary N) is 1. The first-order valence-corrected chi connectivity index (χ1v) is 8.04. The third-order valence-corrected chi connectivity index (χ3v) is 3.89. The molecule has 0 unspecified atom stereocenters. The number of aromatic nitrogens is 2. The van der Waals surface area contributed by atoms with Crippen LogP contribution in [-0.2, 0) is 17.9 Å². The number of thiazole rings is 1. The first kappa shape index (κ1) is 16.1. The Balaban J connectivity index is 1.55. The maximum absolute atomic E-state index is 12.9. The first-order valence-electron chi connectivity index (χ1n) is 7.16. The first-order chi connectivity index (χ1) is 11.6. The van der Waals surface area contributed by atoms with Gasteiger partial charge in [0, 0.05) is 10.9 Å². The molecule has 0 bridgehead atoms. The molecule has 0 atom stereocenters. The molecule has 1 aromatic carbocycles. The van der Waals surface area contributed by atoms with Crippen molar-refractivity contribution in [3.8, 4) is 11.5 Å². The standard InChI is InChI=1S/C16H15FN4O2S/c1-10-19-13(9-24-10)6-15(18)21-23-8-14-7-22-16(20-14)11-2-4-12(17)5-3-11/h2-5,7,9H,6,8H2,1H3,(H2,18,21). The third kappa shape index (κ3) is 4.17. The highest BCUT2D eigenvalue weighted by Crippen LogP contribution is 2.19. The van der Waals surface area contributed by atoms with Crippen molar-refractivity contribution < 1.29 is 13.6 Å². The number of hydrogen-bond donors (Lipinski definition) is 1. The average molecular weight is 346 g/mol. The van der Waals surface area contributed by atoms with Crippen LogP contribution in [0.4, 0.5) is 4.39 Å². The Kier molecular flexibility index (Phi) is 4.85. The van der Waals surface area contributed by atoms with E-state index in [1.54, 1.807) is 23.5 Å². The van der Waals surface area contributed by atoms with Crippen molar-refractivity contribution in [1.82, 2.24) is 9.97 Å². The van der Waals surface area contributed by atoms with Crippen molar-refractivity contribution in [2.24, 2.45) is 10.9 Å². The van der Waals surface area contributed by atoms with E-state index in [-0.39, 0.29) is 12.4 Å². The molecule has 0 aliphatic heterocycles. The van der Waals surface area contributed by atoms with E-state index in [0.717, 1.165) is 10.7 Å². The fraction of sp³-hybridized carbons (Fsp3) is 0.188. The maximum atomic E-state index is 12.9. The van der Waals surface area contributed by atoms with Gasteiger partial charge in [0.05, 0.1) is 17.1 Å². The Morgan fingerprint density at radius 2 is 2.08 bits per heavy atom. The highest BCUT2D eigenvalue weighted by Gasteiger charge is 2.07. The van der Waals surface area contributed by atoms with Crippen LogP contribution in [0.1, 0.15) is 16.4 Å². The molecule has 0 aliphatic rings. The van der Waals surface area contributed by atoms with E-state index in [4.69, 9.17) is 15.0 Å². The second-order valence-corrected chi connectivity index (χ2v) is 6.10. The normalized spacial score (nSPS) is 11.7. The summed E-state index contributed by atoms with van der Waals surface area (Å²) >= 11 is 1.56. The fourth-order valence-corrected chi connectivity index (χ4v) is 2.60. The number of amidine groups is 1. The molecule has 3 rings (SSSR count). The van der Waals surface area contributed by atoms with Gasteiger partial charge in [-0.05, 0) is 31.2 Å². The lowest BCUT2D eigenvalue weighted by atomic mass is 10.2. The van der Waals surface area contributed by atoms with E-state index in [2.05, 4.69) is 15.1 Å². The Labute approximate surface area is 141 Å². The number of aryl methyl sites for hydroxylation is 1. The molecule has 0 amide bonds. The van der Waals surface area contributed by atoms with E-state index >= 15 is 0 Å². The van der Waals surface area contributed by atoms with Gasteiger partial charge in [0.25, 0.3) is 0 Å². The van der Waals surface area contributed by atoms with Crippen molar-refractivity contribution in [2.75, 3.05) is 0 Å². The van der Waals surface area contributed by atoms with Crippen LogP contribution in [0.15, 0.2) is 45.5 Å². The predicted octanol–water partition coefficient (Wildman–Crippen LogP) is 3.28. The molecule has 0 spiro atoms. The largest absolute Gasteiger partial charge is 0.444 e. The van der Waals surface area contributed by atoms with Gasteiger partial charge in [0.15, 0.2) is 6.61 Å². The molecule has 2 N–H and O–H groups in total. The molecule has 3 aromatic rings. The zero-order valence-corrected chi connectivity index (χ0v) is 13.7. The molecule has 2 aromatic heterocycles. The van der Waals surface area contributed by atoms with E-state index in [9.17, 15) is 4.39 Å². The number of oxime groups is 1. The zero-order valence-electron chi connectivity index (χ0n) is 12.9. The summed E-state index contributed by atoms with van der Waals surface area (Å²) < 4.78 is 18.3. The van der Waals surface area contributed by atoms with Gasteiger partial charge in [-0.2, -0.15) is 0 Å². The number of rotatable bonds is 6. The highest BCUT2D eigenvalue weighted by molar-refractivity contribution is 7.09. The molecule has 2 heterocycles. The van der Waals surface area contributed by atoms with Gasteiger partial charge in [0.1, 0.15) is 23.6 Å². The number of halogens is 1. The molecule has 124 valence electrons. The monoisotopic (exact) mass is 346 g/mol. The summed E-state index contributed by atoms with van der Waals surface area (Å²) in [6.07, 6.45) is 1.90. The SMILES string of the molecule is Cc1nc(C/C(N)=N/OCc2coc(-c3ccc(F)cc3)n2)cs1. The quantitative estimate of drug-likeness (QED) is 0.420. The van der Waals surface area contributed by atoms with Gasteiger partial charge >= 0.3 is 0 Å². The third-order valence-electron chi connectivity index (χ3n) is 3.07. The summed E-state index contributed by atoms with van der Waals surface area (Å²) in [6.45, 7) is 2.06. The van der Waals surface area contributed by atoms with Crippen molar-refractivity contribution >= 4 is 17.2 Å². The molecule has 0 saturated carbocycles. The van der Waals surface area contributed by atoms with Gasteiger partial charge in [-0.15, -0.1) is 11.3 Å². The smallest absolute Gasteiger partial charge is 0.226 e. The van der Waals surface area contributed by atoms with Gasteiger partial charge in [-0.25, -0.2) is 14.4 Å². The number of nitrogens with zero attached hydrogens (tertiary/aromatic N) is 3. The maximum Gasteiger partial charge on any atom is 0.226 e. The molecule has 0 aliphatic carbocycles. The lowest BCUT2D eigenvalue weighted by Gasteiger charge is -1.98. The minimum Gasteiger partial charge on any atom is -0.444 e. The minimum atomic E-state index is -0.311. The highest BCUT2D eigenvalue weighted by atomic mass is 32.1. The summed E-state index contributed by atoms with van der Waals surface area (Å²) in [5.41, 5.74) is 7.91. The molecule has 0 saturated heterocycles. The molecule has 6 nitrogen and oxygen atoms in total. The van der Waals surface area contributed by atoms with Crippen molar-refractivity contribution in [3.05, 3.63) is 58.1 Å². The number of oxazole rings is 1. The van der Waals surface area contributed by atoms with Crippen LogP contribution in [0.3, 0.4) is 0 Å². The van der Waals surface area contributed by atoms with Crippen LogP contribution in [-0.4, -0.2) is 15.8 Å². The molecule has 0 fully saturated rings. The van der Waals surface area contributed by atoms with Crippen molar-refractivity contribution in [1.29, 1.82) is 0 Å². The van der Waals surface area contributed by atoms with Crippen LogP contribution < -0.4 is 5.73 Å². The van der Waals surface area contributed by atoms with E-state index < -0.39 is 0 Å². The van der Waals surface area contributed by atoms with E-state index in [0.29, 0.717) is 29.4 Å². The Morgan fingerprint density at radius 1 is 1.29 bits per heavy atom. The van der Waals surface area contributed by atoms with Crippen LogP contribution in [0.2, 0.25) is 0 Å². The van der Waals surface area contributed by atoms with Crippen LogP contribution in [0.5, 0.6) is 0 Å². The fourth-order valence-electron chi connectivity index (χ4n) is 1.99. The van der Waals surface area contributed by atoms with Crippen LogP contribution in [0.25, 0.3) is 11.5 Å². The molecular weight excluding hydrogens is 331 g/mol. The summed E-state index contributed by atoms with van der Waals surface area (Å²) in [5, 5.41) is 6.76. The van der Waals surface area contributed by atoms with Crippen LogP contribution >= 0.6 is 11.3 Å². The van der Waals surface area contributed by atoms with E-state index in [1.165, 1.54) is 18.4 Å². The Bertz CT molecular complexity index is 842. The van der Waals surface area contributed by atoms with Gasteiger partial charge in [-0.3, -0.25) is 0 Å². The average Bonchev–Trinajstić information content (AvgIpc) is 3.17. The Morgan fingerprint density at radius 3 is 2.79 bits per heavy atom. The van der Waals surface area contributed by atoms with E-state index in [1.807, 2.05) is 12.3 Å².